The lowest BCUT2D eigenvalue weighted by atomic mass is 9.87. The molecule has 0 bridgehead atoms. The maximum atomic E-state index is 11.9. The summed E-state index contributed by atoms with van der Waals surface area (Å²) in [6.45, 7) is 10.2. The largest absolute Gasteiger partial charge is 0.496 e. The topological polar surface area (TPSA) is 77.3 Å². The fourth-order valence-corrected chi connectivity index (χ4v) is 3.36. The van der Waals surface area contributed by atoms with Crippen LogP contribution < -0.4 is 4.74 Å². The average Bonchev–Trinajstić information content (AvgIpc) is 2.61. The van der Waals surface area contributed by atoms with Crippen molar-refractivity contribution in [2.24, 2.45) is 9.63 Å². The molecule has 1 aromatic carbocycles. The van der Waals surface area contributed by atoms with E-state index in [2.05, 4.69) is 16.2 Å². The minimum atomic E-state index is -3.78. The van der Waals surface area contributed by atoms with E-state index in [0.717, 1.165) is 28.5 Å². The van der Waals surface area contributed by atoms with Crippen molar-refractivity contribution >= 4 is 10.0 Å². The van der Waals surface area contributed by atoms with Gasteiger partial charge in [-0.2, -0.15) is 13.5 Å². The molecule has 0 N–H and O–H groups in total. The summed E-state index contributed by atoms with van der Waals surface area (Å²) in [6, 6.07) is 3.94. The number of hydrogen-bond donors (Lipinski definition) is 0. The Morgan fingerprint density at radius 1 is 1.41 bits per heavy atom. The third kappa shape index (κ3) is 5.61. The molecule has 146 valence electrons. The Balaban J connectivity index is 2.22. The van der Waals surface area contributed by atoms with Gasteiger partial charge in [0.05, 0.1) is 31.3 Å². The molecule has 6 nitrogen and oxygen atoms in total. The van der Waals surface area contributed by atoms with Gasteiger partial charge in [0, 0.05) is 5.56 Å². The van der Waals surface area contributed by atoms with Crippen molar-refractivity contribution in [3.05, 3.63) is 64.6 Å². The molecule has 0 unspecified atom stereocenters. The van der Waals surface area contributed by atoms with Gasteiger partial charge < -0.3 is 9.47 Å². The Kier molecular flexibility index (Phi) is 6.73. The Morgan fingerprint density at radius 2 is 2.15 bits per heavy atom. The van der Waals surface area contributed by atoms with E-state index in [9.17, 15) is 8.42 Å². The van der Waals surface area contributed by atoms with Gasteiger partial charge in [-0.15, -0.1) is 0 Å². The molecule has 1 aromatic rings. The number of methoxy groups -OCH3 is 1. The fraction of sp³-hybridized carbons (Fsp3) is 0.400. The Hall–Kier alpha value is -2.25. The normalized spacial score (nSPS) is 17.3. The van der Waals surface area contributed by atoms with Crippen LogP contribution in [0.15, 0.2) is 57.6 Å². The van der Waals surface area contributed by atoms with Crippen LogP contribution in [0.3, 0.4) is 0 Å². The molecule has 0 spiro atoms. The second kappa shape index (κ2) is 8.63. The van der Waals surface area contributed by atoms with Crippen LogP contribution in [-0.4, -0.2) is 22.1 Å². The van der Waals surface area contributed by atoms with Gasteiger partial charge in [-0.05, 0) is 56.5 Å². The number of ether oxygens (including phenoxy) is 2. The summed E-state index contributed by atoms with van der Waals surface area (Å²) in [5, 5.41) is 4.87. The summed E-state index contributed by atoms with van der Waals surface area (Å²) in [6.07, 6.45) is 5.49. The number of allylic oxidation sites excluding steroid dienone is 4. The molecule has 7 heteroatoms. The van der Waals surface area contributed by atoms with Crippen LogP contribution in [0.4, 0.5) is 0 Å². The second-order valence-electron chi connectivity index (χ2n) is 6.77. The number of rotatable bonds is 7. The summed E-state index contributed by atoms with van der Waals surface area (Å²) < 4.78 is 38.6. The second-order valence-corrected chi connectivity index (χ2v) is 8.23. The third-order valence-electron chi connectivity index (χ3n) is 4.33. The highest BCUT2D eigenvalue weighted by Gasteiger charge is 2.29. The summed E-state index contributed by atoms with van der Waals surface area (Å²) in [4.78, 5) is 0. The van der Waals surface area contributed by atoms with Crippen LogP contribution in [0.5, 0.6) is 5.75 Å². The van der Waals surface area contributed by atoms with E-state index in [1.165, 1.54) is 11.6 Å². The molecular formula is C20H26N2O4S. The number of sulfonamides is 1. The van der Waals surface area contributed by atoms with E-state index in [4.69, 9.17) is 9.47 Å². The third-order valence-corrected chi connectivity index (χ3v) is 5.18. The predicted octanol–water partition coefficient (Wildman–Crippen LogP) is 4.43. The van der Waals surface area contributed by atoms with Crippen molar-refractivity contribution < 1.29 is 17.9 Å². The minimum absolute atomic E-state index is 0.0983. The van der Waals surface area contributed by atoms with Crippen LogP contribution in [0.25, 0.3) is 0 Å². The van der Waals surface area contributed by atoms with Gasteiger partial charge in [0.1, 0.15) is 5.75 Å². The van der Waals surface area contributed by atoms with E-state index in [0.29, 0.717) is 12.4 Å². The van der Waals surface area contributed by atoms with Crippen molar-refractivity contribution in [1.82, 2.24) is 0 Å². The first-order valence-corrected chi connectivity index (χ1v) is 10.1. The first-order valence-electron chi connectivity index (χ1n) is 8.64. The standard InChI is InChI=1S/C20H26N2O4S/c1-6-15(2)8-7-11-27(23,24)22-21-14-17-12-18-16(13-19(17)25-5)9-10-26-20(18,3)4/h6-8,11-13H,1,9-10,14H2,2-5H3. The minimum Gasteiger partial charge on any atom is -0.496 e. The summed E-state index contributed by atoms with van der Waals surface area (Å²) in [5.74, 6) is 0.669. The zero-order chi connectivity index (χ0) is 20.1. The molecule has 2 rings (SSSR count). The van der Waals surface area contributed by atoms with Gasteiger partial charge in [-0.1, -0.05) is 28.8 Å². The zero-order valence-electron chi connectivity index (χ0n) is 16.2. The molecule has 0 radical (unpaired) electrons. The lowest BCUT2D eigenvalue weighted by Gasteiger charge is -2.33. The first-order chi connectivity index (χ1) is 12.7. The van der Waals surface area contributed by atoms with Crippen LogP contribution in [0.2, 0.25) is 0 Å². The maximum absolute atomic E-state index is 11.9. The van der Waals surface area contributed by atoms with Crippen molar-refractivity contribution in [3.8, 4) is 5.75 Å². The van der Waals surface area contributed by atoms with Crippen LogP contribution >= 0.6 is 0 Å². The predicted molar refractivity (Wildman–Crippen MR) is 106 cm³/mol. The van der Waals surface area contributed by atoms with Crippen molar-refractivity contribution in [1.29, 1.82) is 0 Å². The number of hydrogen-bond acceptors (Lipinski definition) is 5. The Labute approximate surface area is 161 Å². The van der Waals surface area contributed by atoms with Crippen molar-refractivity contribution in [2.75, 3.05) is 13.7 Å². The molecule has 0 fully saturated rings. The highest BCUT2D eigenvalue weighted by molar-refractivity contribution is 7.92. The smallest absolute Gasteiger partial charge is 0.292 e. The van der Waals surface area contributed by atoms with Gasteiger partial charge in [-0.25, -0.2) is 0 Å². The van der Waals surface area contributed by atoms with Crippen molar-refractivity contribution in [3.63, 3.8) is 0 Å². The quantitative estimate of drug-likeness (QED) is 0.510. The first kappa shape index (κ1) is 21.1. The lowest BCUT2D eigenvalue weighted by Crippen LogP contribution is -2.29. The number of benzene rings is 1. The van der Waals surface area contributed by atoms with Gasteiger partial charge in [0.2, 0.25) is 0 Å². The highest BCUT2D eigenvalue weighted by atomic mass is 32.2. The molecule has 0 aliphatic carbocycles. The molecule has 1 aliphatic rings. The number of nitrogens with zero attached hydrogens (tertiary/aromatic N) is 2. The number of fused-ring (bicyclic) bond motifs is 1. The van der Waals surface area contributed by atoms with E-state index >= 15 is 0 Å². The molecule has 0 saturated heterocycles. The Bertz CT molecular complexity index is 897. The molecule has 27 heavy (non-hydrogen) atoms. The summed E-state index contributed by atoms with van der Waals surface area (Å²) in [7, 11) is -2.20. The summed E-state index contributed by atoms with van der Waals surface area (Å²) >= 11 is 0. The molecule has 0 atom stereocenters. The van der Waals surface area contributed by atoms with Gasteiger partial charge >= 0.3 is 0 Å². The van der Waals surface area contributed by atoms with Gasteiger partial charge in [0.15, 0.2) is 0 Å². The molecule has 1 aliphatic heterocycles. The fourth-order valence-electron chi connectivity index (χ4n) is 2.81. The van der Waals surface area contributed by atoms with Gasteiger partial charge in [-0.3, -0.25) is 0 Å². The SMILES string of the molecule is C=CC(C)=CC=CS(=O)(=O)N=NCc1cc2c(cc1OC)CCOC2(C)C. The van der Waals surface area contributed by atoms with E-state index in [1.54, 1.807) is 19.3 Å². The maximum Gasteiger partial charge on any atom is 0.292 e. The average molecular weight is 391 g/mol. The van der Waals surface area contributed by atoms with Crippen molar-refractivity contribution in [2.45, 2.75) is 39.3 Å². The summed E-state index contributed by atoms with van der Waals surface area (Å²) in [5.41, 5.74) is 3.44. The lowest BCUT2D eigenvalue weighted by molar-refractivity contribution is -0.0316. The van der Waals surface area contributed by atoms with Crippen LogP contribution in [0.1, 0.15) is 37.5 Å². The van der Waals surface area contributed by atoms with Crippen LogP contribution in [-0.2, 0) is 33.3 Å². The Morgan fingerprint density at radius 3 is 2.81 bits per heavy atom. The molecule has 0 amide bonds. The molecule has 0 saturated carbocycles. The van der Waals surface area contributed by atoms with E-state index < -0.39 is 15.6 Å². The van der Waals surface area contributed by atoms with E-state index in [-0.39, 0.29) is 6.54 Å². The highest BCUT2D eigenvalue weighted by Crippen LogP contribution is 2.36. The van der Waals surface area contributed by atoms with Gasteiger partial charge in [0.25, 0.3) is 10.0 Å². The molecule has 1 heterocycles. The molecular weight excluding hydrogens is 364 g/mol. The van der Waals surface area contributed by atoms with E-state index in [1.807, 2.05) is 32.9 Å². The zero-order valence-corrected chi connectivity index (χ0v) is 17.0. The molecule has 0 aromatic heterocycles. The monoisotopic (exact) mass is 390 g/mol. The van der Waals surface area contributed by atoms with Crippen LogP contribution in [0, 0.1) is 0 Å².